The highest BCUT2D eigenvalue weighted by Crippen LogP contribution is 2.20. The third-order valence-corrected chi connectivity index (χ3v) is 5.94. The van der Waals surface area contributed by atoms with E-state index < -0.39 is 0 Å². The van der Waals surface area contributed by atoms with Crippen LogP contribution in [0.1, 0.15) is 41.6 Å². The summed E-state index contributed by atoms with van der Waals surface area (Å²) in [6, 6.07) is 21.2. The van der Waals surface area contributed by atoms with E-state index in [0.717, 1.165) is 42.3 Å². The first-order chi connectivity index (χ1) is 16.1. The molecular weight excluding hydrogens is 430 g/mol. The monoisotopic (exact) mass is 457 g/mol. The first-order valence-electron chi connectivity index (χ1n) is 11.3. The molecule has 0 aromatic heterocycles. The van der Waals surface area contributed by atoms with E-state index in [-0.39, 0.29) is 16.9 Å². The fourth-order valence-corrected chi connectivity index (χ4v) is 4.28. The van der Waals surface area contributed by atoms with E-state index in [9.17, 15) is 9.59 Å². The van der Waals surface area contributed by atoms with E-state index in [1.165, 1.54) is 18.9 Å². The zero-order chi connectivity index (χ0) is 23.0. The summed E-state index contributed by atoms with van der Waals surface area (Å²) in [6.45, 7) is 1.60. The third kappa shape index (κ3) is 6.05. The fraction of sp³-hybridized carbons (Fsp3) is 0.222. The number of likely N-dealkylation sites (tertiary alicyclic amines) is 1. The number of carbonyl (C=O) groups excluding carboxylic acids is 2. The van der Waals surface area contributed by atoms with Crippen LogP contribution in [0.5, 0.6) is 0 Å². The van der Waals surface area contributed by atoms with E-state index in [2.05, 4.69) is 10.6 Å². The quantitative estimate of drug-likeness (QED) is 0.408. The van der Waals surface area contributed by atoms with Crippen molar-refractivity contribution in [2.45, 2.75) is 25.7 Å². The number of anilines is 1. The topological polar surface area (TPSA) is 61.4 Å². The SMILES string of the molecule is O=C(/C=C/c1cccc2ccccc12)NC(=S)Nc1cccc(C(=O)N2CCCCCC2)c1. The minimum atomic E-state index is -0.322. The molecule has 0 aliphatic carbocycles. The number of amides is 2. The van der Waals surface area contributed by atoms with Crippen molar-refractivity contribution in [1.82, 2.24) is 10.2 Å². The normalized spacial score (nSPS) is 14.1. The molecule has 1 aliphatic rings. The van der Waals surface area contributed by atoms with Gasteiger partial charge in [0, 0.05) is 30.4 Å². The van der Waals surface area contributed by atoms with E-state index in [1.54, 1.807) is 12.1 Å². The van der Waals surface area contributed by atoms with Crippen molar-refractivity contribution in [1.29, 1.82) is 0 Å². The first kappa shape index (κ1) is 22.7. The Hall–Kier alpha value is -3.51. The molecule has 2 N–H and O–H groups in total. The van der Waals surface area contributed by atoms with Crippen molar-refractivity contribution in [2.24, 2.45) is 0 Å². The summed E-state index contributed by atoms with van der Waals surface area (Å²) in [5, 5.41) is 8.05. The molecule has 168 valence electrons. The number of thiocarbonyl (C=S) groups is 1. The Balaban J connectivity index is 1.36. The average Bonchev–Trinajstić information content (AvgIpc) is 3.12. The van der Waals surface area contributed by atoms with Gasteiger partial charge < -0.3 is 10.2 Å². The molecule has 0 saturated carbocycles. The minimum Gasteiger partial charge on any atom is -0.339 e. The average molecular weight is 458 g/mol. The predicted octanol–water partition coefficient (Wildman–Crippen LogP) is 5.38. The molecule has 5 nitrogen and oxygen atoms in total. The number of hydrogen-bond donors (Lipinski definition) is 2. The van der Waals surface area contributed by atoms with Gasteiger partial charge in [-0.1, -0.05) is 61.4 Å². The van der Waals surface area contributed by atoms with Gasteiger partial charge in [-0.3, -0.25) is 14.9 Å². The number of rotatable bonds is 4. The molecule has 3 aromatic carbocycles. The summed E-state index contributed by atoms with van der Waals surface area (Å²) in [7, 11) is 0. The summed E-state index contributed by atoms with van der Waals surface area (Å²) in [5.41, 5.74) is 2.24. The molecule has 1 aliphatic heterocycles. The van der Waals surface area contributed by atoms with Gasteiger partial charge in [0.25, 0.3) is 5.91 Å². The Labute approximate surface area is 199 Å². The highest BCUT2D eigenvalue weighted by Gasteiger charge is 2.17. The summed E-state index contributed by atoms with van der Waals surface area (Å²) >= 11 is 5.30. The number of carbonyl (C=O) groups is 2. The van der Waals surface area contributed by atoms with Crippen LogP contribution in [-0.4, -0.2) is 34.9 Å². The zero-order valence-corrected chi connectivity index (χ0v) is 19.2. The maximum Gasteiger partial charge on any atom is 0.253 e. The highest BCUT2D eigenvalue weighted by molar-refractivity contribution is 7.80. The van der Waals surface area contributed by atoms with Crippen LogP contribution in [0.15, 0.2) is 72.8 Å². The van der Waals surface area contributed by atoms with Gasteiger partial charge in [0.2, 0.25) is 5.91 Å². The lowest BCUT2D eigenvalue weighted by Crippen LogP contribution is -2.33. The van der Waals surface area contributed by atoms with Crippen molar-refractivity contribution in [3.63, 3.8) is 0 Å². The van der Waals surface area contributed by atoms with Gasteiger partial charge in [-0.15, -0.1) is 0 Å². The second-order valence-electron chi connectivity index (χ2n) is 8.13. The standard InChI is InChI=1S/C27H27N3O2S/c31-25(16-15-21-11-7-10-20-9-3-4-14-24(20)21)29-27(33)28-23-13-8-12-22(19-23)26(32)30-17-5-1-2-6-18-30/h3-4,7-16,19H,1-2,5-6,17-18H2,(H2,28,29,31,33)/b16-15+. The molecule has 1 fully saturated rings. The first-order valence-corrected chi connectivity index (χ1v) is 11.7. The van der Waals surface area contributed by atoms with Crippen molar-refractivity contribution in [3.8, 4) is 0 Å². The number of fused-ring (bicyclic) bond motifs is 1. The van der Waals surface area contributed by atoms with Crippen LogP contribution >= 0.6 is 12.2 Å². The highest BCUT2D eigenvalue weighted by atomic mass is 32.1. The third-order valence-electron chi connectivity index (χ3n) is 5.74. The van der Waals surface area contributed by atoms with Gasteiger partial charge in [0.1, 0.15) is 0 Å². The second-order valence-corrected chi connectivity index (χ2v) is 8.54. The molecule has 1 heterocycles. The molecule has 33 heavy (non-hydrogen) atoms. The maximum absolute atomic E-state index is 12.9. The maximum atomic E-state index is 12.9. The van der Waals surface area contributed by atoms with E-state index in [0.29, 0.717) is 11.3 Å². The van der Waals surface area contributed by atoms with Crippen molar-refractivity contribution < 1.29 is 9.59 Å². The van der Waals surface area contributed by atoms with Crippen LogP contribution in [0.2, 0.25) is 0 Å². The van der Waals surface area contributed by atoms with Crippen molar-refractivity contribution in [3.05, 3.63) is 83.9 Å². The molecule has 1 saturated heterocycles. The molecule has 6 heteroatoms. The van der Waals surface area contributed by atoms with E-state index in [1.807, 2.05) is 65.6 Å². The second kappa shape index (κ2) is 10.9. The Morgan fingerprint density at radius 2 is 1.61 bits per heavy atom. The lowest BCUT2D eigenvalue weighted by molar-refractivity contribution is -0.115. The smallest absolute Gasteiger partial charge is 0.253 e. The Morgan fingerprint density at radius 1 is 0.879 bits per heavy atom. The summed E-state index contributed by atoms with van der Waals surface area (Å²) in [5.74, 6) is -0.286. The van der Waals surface area contributed by atoms with E-state index in [4.69, 9.17) is 12.2 Å². The Morgan fingerprint density at radius 3 is 2.42 bits per heavy atom. The molecule has 0 spiro atoms. The van der Waals surface area contributed by atoms with Gasteiger partial charge in [-0.05, 0) is 65.7 Å². The predicted molar refractivity (Wildman–Crippen MR) is 138 cm³/mol. The van der Waals surface area contributed by atoms with Crippen LogP contribution < -0.4 is 10.6 Å². The van der Waals surface area contributed by atoms with Gasteiger partial charge in [-0.25, -0.2) is 0 Å². The Bertz CT molecular complexity index is 1190. The number of benzene rings is 3. The molecule has 0 atom stereocenters. The number of nitrogens with one attached hydrogen (secondary N) is 2. The van der Waals surface area contributed by atoms with Crippen LogP contribution in [0, 0.1) is 0 Å². The Kier molecular flexibility index (Phi) is 7.47. The van der Waals surface area contributed by atoms with E-state index >= 15 is 0 Å². The van der Waals surface area contributed by atoms with Gasteiger partial charge in [0.15, 0.2) is 5.11 Å². The molecule has 0 radical (unpaired) electrons. The molecular formula is C27H27N3O2S. The largest absolute Gasteiger partial charge is 0.339 e. The van der Waals surface area contributed by atoms with Gasteiger partial charge in [0.05, 0.1) is 0 Å². The molecule has 4 rings (SSSR count). The number of hydrogen-bond acceptors (Lipinski definition) is 3. The molecule has 2 amide bonds. The lowest BCUT2D eigenvalue weighted by atomic mass is 10.0. The van der Waals surface area contributed by atoms with Crippen molar-refractivity contribution >= 4 is 51.7 Å². The minimum absolute atomic E-state index is 0.0357. The molecule has 0 bridgehead atoms. The summed E-state index contributed by atoms with van der Waals surface area (Å²) < 4.78 is 0. The molecule has 3 aromatic rings. The zero-order valence-electron chi connectivity index (χ0n) is 18.4. The number of nitrogens with zero attached hydrogens (tertiary/aromatic N) is 1. The van der Waals surface area contributed by atoms with Crippen molar-refractivity contribution in [2.75, 3.05) is 18.4 Å². The van der Waals surface area contributed by atoms with Crippen LogP contribution in [0.3, 0.4) is 0 Å². The lowest BCUT2D eigenvalue weighted by Gasteiger charge is -2.20. The van der Waals surface area contributed by atoms with Crippen LogP contribution in [-0.2, 0) is 4.79 Å². The molecule has 0 unspecified atom stereocenters. The summed E-state index contributed by atoms with van der Waals surface area (Å²) in [4.78, 5) is 27.2. The van der Waals surface area contributed by atoms with Crippen LogP contribution in [0.4, 0.5) is 5.69 Å². The fourth-order valence-electron chi connectivity index (χ4n) is 4.06. The van der Waals surface area contributed by atoms with Gasteiger partial charge >= 0.3 is 0 Å². The summed E-state index contributed by atoms with van der Waals surface area (Å²) in [6.07, 6.45) is 7.69. The van der Waals surface area contributed by atoms with Gasteiger partial charge in [-0.2, -0.15) is 0 Å². The van der Waals surface area contributed by atoms with Crippen LogP contribution in [0.25, 0.3) is 16.8 Å².